The first-order chi connectivity index (χ1) is 11.3. The number of carbonyl (C=O) groups excluding carboxylic acids is 1. The maximum atomic E-state index is 12.1. The van der Waals surface area contributed by atoms with Crippen LogP contribution in [0.5, 0.6) is 0 Å². The Balaban J connectivity index is 1.81. The molecular formula is C15H19ClN2O5S. The molecule has 1 aromatic carbocycles. The number of halogens is 1. The van der Waals surface area contributed by atoms with E-state index in [2.05, 4.69) is 4.72 Å². The summed E-state index contributed by atoms with van der Waals surface area (Å²) < 4.78 is 26.6. The number of likely N-dealkylation sites (tertiary alicyclic amines) is 1. The summed E-state index contributed by atoms with van der Waals surface area (Å²) in [6.45, 7) is 0.901. The number of rotatable bonds is 7. The summed E-state index contributed by atoms with van der Waals surface area (Å²) in [6.07, 6.45) is 0.733. The molecule has 2 N–H and O–H groups in total. The largest absolute Gasteiger partial charge is 0.481 e. The molecule has 0 spiro atoms. The quantitative estimate of drug-likeness (QED) is 0.749. The van der Waals surface area contributed by atoms with Crippen LogP contribution in [-0.4, -0.2) is 49.9 Å². The minimum atomic E-state index is -3.71. The van der Waals surface area contributed by atoms with Crippen LogP contribution in [0.15, 0.2) is 29.2 Å². The number of carboxylic acid groups (broad SMARTS) is 1. The smallest absolute Gasteiger partial charge is 0.303 e. The van der Waals surface area contributed by atoms with Crippen LogP contribution in [0.1, 0.15) is 19.3 Å². The van der Waals surface area contributed by atoms with Crippen molar-refractivity contribution in [1.29, 1.82) is 0 Å². The summed E-state index contributed by atoms with van der Waals surface area (Å²) in [4.78, 5) is 24.4. The molecule has 1 aliphatic rings. The highest BCUT2D eigenvalue weighted by atomic mass is 35.5. The SMILES string of the molecule is O=C(O)CC1CCN(C(=O)CCNS(=O)(=O)c2cccc(Cl)c2)C1. The lowest BCUT2D eigenvalue weighted by Crippen LogP contribution is -2.33. The summed E-state index contributed by atoms with van der Waals surface area (Å²) in [5.74, 6) is -1.09. The van der Waals surface area contributed by atoms with Crippen molar-refractivity contribution in [3.05, 3.63) is 29.3 Å². The van der Waals surface area contributed by atoms with Gasteiger partial charge in [-0.1, -0.05) is 17.7 Å². The molecule has 24 heavy (non-hydrogen) atoms. The third kappa shape index (κ3) is 5.19. The number of nitrogens with one attached hydrogen (secondary N) is 1. The van der Waals surface area contributed by atoms with Gasteiger partial charge in [0, 0.05) is 37.5 Å². The molecule has 0 saturated carbocycles. The fourth-order valence-corrected chi connectivity index (χ4v) is 3.97. The number of hydrogen-bond acceptors (Lipinski definition) is 4. The molecule has 1 heterocycles. The summed E-state index contributed by atoms with van der Waals surface area (Å²) in [7, 11) is -3.71. The van der Waals surface area contributed by atoms with Crippen molar-refractivity contribution in [2.75, 3.05) is 19.6 Å². The third-order valence-electron chi connectivity index (χ3n) is 3.84. The molecule has 1 fully saturated rings. The first-order valence-corrected chi connectivity index (χ1v) is 9.39. The minimum Gasteiger partial charge on any atom is -0.481 e. The van der Waals surface area contributed by atoms with Gasteiger partial charge in [-0.25, -0.2) is 13.1 Å². The number of nitrogens with zero attached hydrogens (tertiary/aromatic N) is 1. The third-order valence-corrected chi connectivity index (χ3v) is 5.53. The Labute approximate surface area is 145 Å². The van der Waals surface area contributed by atoms with Crippen molar-refractivity contribution in [2.45, 2.75) is 24.2 Å². The van der Waals surface area contributed by atoms with E-state index in [4.69, 9.17) is 16.7 Å². The number of carbonyl (C=O) groups is 2. The minimum absolute atomic E-state index is 0.0201. The lowest BCUT2D eigenvalue weighted by atomic mass is 10.1. The van der Waals surface area contributed by atoms with E-state index in [1.165, 1.54) is 18.2 Å². The van der Waals surface area contributed by atoms with E-state index in [0.717, 1.165) is 0 Å². The van der Waals surface area contributed by atoms with Gasteiger partial charge in [-0.2, -0.15) is 0 Å². The summed E-state index contributed by atoms with van der Waals surface area (Å²) in [6, 6.07) is 5.87. The van der Waals surface area contributed by atoms with Crippen LogP contribution in [-0.2, 0) is 19.6 Å². The van der Waals surface area contributed by atoms with E-state index in [1.54, 1.807) is 11.0 Å². The predicted molar refractivity (Wildman–Crippen MR) is 88.2 cm³/mol. The zero-order valence-electron chi connectivity index (χ0n) is 12.9. The highest BCUT2D eigenvalue weighted by molar-refractivity contribution is 7.89. The molecule has 1 saturated heterocycles. The number of aliphatic carboxylic acids is 1. The molecule has 1 aliphatic heterocycles. The predicted octanol–water partition coefficient (Wildman–Crippen LogP) is 1.33. The average Bonchev–Trinajstić information content (AvgIpc) is 2.94. The van der Waals surface area contributed by atoms with Gasteiger partial charge in [-0.3, -0.25) is 9.59 Å². The van der Waals surface area contributed by atoms with Crippen molar-refractivity contribution in [3.63, 3.8) is 0 Å². The molecule has 0 radical (unpaired) electrons. The first-order valence-electron chi connectivity index (χ1n) is 7.53. The summed E-state index contributed by atoms with van der Waals surface area (Å²) in [5, 5.41) is 9.08. The van der Waals surface area contributed by atoms with Gasteiger partial charge < -0.3 is 10.0 Å². The molecule has 1 amide bonds. The van der Waals surface area contributed by atoms with E-state index in [0.29, 0.717) is 24.5 Å². The van der Waals surface area contributed by atoms with E-state index in [1.807, 2.05) is 0 Å². The molecule has 9 heteroatoms. The van der Waals surface area contributed by atoms with Crippen molar-refractivity contribution in [3.8, 4) is 0 Å². The average molecular weight is 375 g/mol. The van der Waals surface area contributed by atoms with Gasteiger partial charge in [0.25, 0.3) is 0 Å². The Kier molecular flexibility index (Phi) is 6.20. The van der Waals surface area contributed by atoms with Crippen molar-refractivity contribution in [2.24, 2.45) is 5.92 Å². The van der Waals surface area contributed by atoms with Gasteiger partial charge in [0.1, 0.15) is 0 Å². The highest BCUT2D eigenvalue weighted by Gasteiger charge is 2.27. The molecule has 1 atom stereocenters. The fraction of sp³-hybridized carbons (Fsp3) is 0.467. The second-order valence-electron chi connectivity index (χ2n) is 5.70. The zero-order valence-corrected chi connectivity index (χ0v) is 14.5. The molecule has 7 nitrogen and oxygen atoms in total. The van der Waals surface area contributed by atoms with Crippen molar-refractivity contribution < 1.29 is 23.1 Å². The first kappa shape index (κ1) is 18.7. The maximum Gasteiger partial charge on any atom is 0.303 e. The van der Waals surface area contributed by atoms with Crippen LogP contribution < -0.4 is 4.72 Å². The van der Waals surface area contributed by atoms with Gasteiger partial charge in [0.15, 0.2) is 0 Å². The van der Waals surface area contributed by atoms with E-state index in [-0.39, 0.29) is 36.1 Å². The number of carboxylic acids is 1. The van der Waals surface area contributed by atoms with Crippen LogP contribution in [0.25, 0.3) is 0 Å². The molecule has 0 aliphatic carbocycles. The monoisotopic (exact) mass is 374 g/mol. The summed E-state index contributed by atoms with van der Waals surface area (Å²) >= 11 is 5.78. The van der Waals surface area contributed by atoms with Crippen LogP contribution in [0, 0.1) is 5.92 Å². The van der Waals surface area contributed by atoms with Crippen LogP contribution in [0.4, 0.5) is 0 Å². The molecule has 2 rings (SSSR count). The van der Waals surface area contributed by atoms with Gasteiger partial charge in [0.2, 0.25) is 15.9 Å². The summed E-state index contributed by atoms with van der Waals surface area (Å²) in [5.41, 5.74) is 0. The Morgan fingerprint density at radius 2 is 2.12 bits per heavy atom. The Morgan fingerprint density at radius 3 is 2.79 bits per heavy atom. The Morgan fingerprint density at radius 1 is 1.38 bits per heavy atom. The molecule has 132 valence electrons. The van der Waals surface area contributed by atoms with Crippen LogP contribution in [0.2, 0.25) is 5.02 Å². The van der Waals surface area contributed by atoms with Crippen molar-refractivity contribution in [1.82, 2.24) is 9.62 Å². The van der Waals surface area contributed by atoms with Gasteiger partial charge in [-0.05, 0) is 30.5 Å². The zero-order chi connectivity index (χ0) is 17.7. The second kappa shape index (κ2) is 7.96. The number of benzene rings is 1. The standard InChI is InChI=1S/C15H19ClN2O5S/c16-12-2-1-3-13(9-12)24(22,23)17-6-4-14(19)18-7-5-11(10-18)8-15(20)21/h1-3,9,11,17H,4-8,10H2,(H,20,21). The normalized spacial score (nSPS) is 17.9. The van der Waals surface area contributed by atoms with E-state index >= 15 is 0 Å². The molecule has 1 unspecified atom stereocenters. The van der Waals surface area contributed by atoms with E-state index < -0.39 is 16.0 Å². The Bertz CT molecular complexity index is 722. The second-order valence-corrected chi connectivity index (χ2v) is 7.90. The van der Waals surface area contributed by atoms with Gasteiger partial charge in [-0.15, -0.1) is 0 Å². The Hall–Kier alpha value is -1.64. The highest BCUT2D eigenvalue weighted by Crippen LogP contribution is 2.20. The topological polar surface area (TPSA) is 104 Å². The number of amides is 1. The van der Waals surface area contributed by atoms with E-state index in [9.17, 15) is 18.0 Å². The fourth-order valence-electron chi connectivity index (χ4n) is 2.64. The molecule has 0 bridgehead atoms. The van der Waals surface area contributed by atoms with Gasteiger partial charge in [0.05, 0.1) is 4.90 Å². The van der Waals surface area contributed by atoms with Crippen LogP contribution in [0.3, 0.4) is 0 Å². The van der Waals surface area contributed by atoms with Gasteiger partial charge >= 0.3 is 5.97 Å². The maximum absolute atomic E-state index is 12.1. The lowest BCUT2D eigenvalue weighted by molar-refractivity contribution is -0.138. The number of sulfonamides is 1. The molecule has 0 aromatic heterocycles. The van der Waals surface area contributed by atoms with Crippen LogP contribution >= 0.6 is 11.6 Å². The molecule has 1 aromatic rings. The number of hydrogen-bond donors (Lipinski definition) is 2. The molecular weight excluding hydrogens is 356 g/mol. The van der Waals surface area contributed by atoms with Crippen molar-refractivity contribution >= 4 is 33.5 Å². The lowest BCUT2D eigenvalue weighted by Gasteiger charge is -2.16.